The minimum Gasteiger partial charge on any atom is -0.494 e. The Morgan fingerprint density at radius 2 is 0.969 bits per heavy atom. The van der Waals surface area contributed by atoms with Gasteiger partial charge in [-0.2, -0.15) is 0 Å². The highest BCUT2D eigenvalue weighted by Crippen LogP contribution is 2.21. The molecule has 0 amide bonds. The molecule has 1 aromatic carbocycles. The summed E-state index contributed by atoms with van der Waals surface area (Å²) in [6.45, 7) is 6.03. The van der Waals surface area contributed by atoms with Gasteiger partial charge in [0, 0.05) is 5.56 Å². The van der Waals surface area contributed by atoms with E-state index in [1.165, 1.54) is 77.0 Å². The number of ether oxygens (including phenoxy) is 2. The van der Waals surface area contributed by atoms with Crippen molar-refractivity contribution in [2.75, 3.05) is 13.2 Å². The Morgan fingerprint density at radius 3 is 1.47 bits per heavy atom. The number of hydrogen-bond donors (Lipinski definition) is 0. The number of unbranched alkanes of at least 4 members (excludes halogenated alkanes) is 12. The van der Waals surface area contributed by atoms with E-state index in [0.717, 1.165) is 43.1 Å². The van der Waals surface area contributed by atoms with E-state index in [9.17, 15) is 0 Å². The van der Waals surface area contributed by atoms with E-state index in [-0.39, 0.29) is 0 Å². The van der Waals surface area contributed by atoms with Gasteiger partial charge in [0.1, 0.15) is 5.75 Å². The van der Waals surface area contributed by atoms with Crippen molar-refractivity contribution in [3.8, 4) is 22.9 Å². The second-order valence-corrected chi connectivity index (χ2v) is 8.71. The van der Waals surface area contributed by atoms with Crippen molar-refractivity contribution < 1.29 is 9.47 Å². The molecule has 0 fully saturated rings. The minimum atomic E-state index is 0.715. The van der Waals surface area contributed by atoms with Gasteiger partial charge in [-0.3, -0.25) is 0 Å². The van der Waals surface area contributed by atoms with Gasteiger partial charge < -0.3 is 9.47 Å². The highest BCUT2D eigenvalue weighted by molar-refractivity contribution is 5.56. The van der Waals surface area contributed by atoms with Gasteiger partial charge in [0.05, 0.1) is 25.6 Å². The molecule has 178 valence electrons. The van der Waals surface area contributed by atoms with Crippen LogP contribution in [0.1, 0.15) is 104 Å². The molecule has 0 bridgehead atoms. The number of rotatable bonds is 19. The van der Waals surface area contributed by atoms with Gasteiger partial charge in [-0.25, -0.2) is 9.97 Å². The standard InChI is InChI=1S/C28H44N2O2/c1-3-5-7-9-11-13-15-21-31-26-19-17-25(18-20-26)28-29-23-27(24-30-28)32-22-16-14-12-10-8-6-4-2/h17-20,23-24H,3-16,21-22H2,1-2H3. The number of hydrogen-bond acceptors (Lipinski definition) is 4. The molecular formula is C28H44N2O2. The van der Waals surface area contributed by atoms with Crippen LogP contribution >= 0.6 is 0 Å². The maximum atomic E-state index is 5.87. The highest BCUT2D eigenvalue weighted by atomic mass is 16.5. The second-order valence-electron chi connectivity index (χ2n) is 8.71. The predicted molar refractivity (Wildman–Crippen MR) is 134 cm³/mol. The van der Waals surface area contributed by atoms with Crippen LogP contribution in [0.15, 0.2) is 36.7 Å². The lowest BCUT2D eigenvalue weighted by Gasteiger charge is -2.08. The first-order valence-electron chi connectivity index (χ1n) is 13.0. The second kappa shape index (κ2) is 17.5. The SMILES string of the molecule is CCCCCCCCCOc1ccc(-c2ncc(OCCCCCCCCC)cn2)cc1. The topological polar surface area (TPSA) is 44.2 Å². The molecule has 0 saturated carbocycles. The van der Waals surface area contributed by atoms with Crippen LogP contribution in [-0.4, -0.2) is 23.2 Å². The van der Waals surface area contributed by atoms with Gasteiger partial charge in [0.2, 0.25) is 0 Å². The lowest BCUT2D eigenvalue weighted by atomic mass is 10.1. The van der Waals surface area contributed by atoms with Crippen molar-refractivity contribution in [2.45, 2.75) is 104 Å². The van der Waals surface area contributed by atoms with Crippen molar-refractivity contribution in [3.05, 3.63) is 36.7 Å². The lowest BCUT2D eigenvalue weighted by Crippen LogP contribution is -1.99. The van der Waals surface area contributed by atoms with E-state index in [1.807, 2.05) is 24.3 Å². The molecule has 1 heterocycles. The summed E-state index contributed by atoms with van der Waals surface area (Å²) in [6, 6.07) is 8.05. The molecule has 32 heavy (non-hydrogen) atoms. The van der Waals surface area contributed by atoms with Crippen LogP contribution in [0.25, 0.3) is 11.4 Å². The monoisotopic (exact) mass is 440 g/mol. The molecule has 0 aliphatic heterocycles. The summed E-state index contributed by atoms with van der Waals surface area (Å²) in [4.78, 5) is 8.94. The Hall–Kier alpha value is -2.10. The molecule has 0 atom stereocenters. The molecule has 0 spiro atoms. The molecule has 2 aromatic rings. The van der Waals surface area contributed by atoms with Gasteiger partial charge in [-0.1, -0.05) is 90.9 Å². The first-order chi connectivity index (χ1) is 15.8. The Kier molecular flexibility index (Phi) is 14.3. The van der Waals surface area contributed by atoms with Crippen LogP contribution in [0.4, 0.5) is 0 Å². The summed E-state index contributed by atoms with van der Waals surface area (Å²) >= 11 is 0. The van der Waals surface area contributed by atoms with E-state index in [1.54, 1.807) is 12.4 Å². The Bertz CT molecular complexity index is 624. The molecular weight excluding hydrogens is 396 g/mol. The first-order valence-corrected chi connectivity index (χ1v) is 13.0. The van der Waals surface area contributed by atoms with Crippen LogP contribution in [0, 0.1) is 0 Å². The summed E-state index contributed by atoms with van der Waals surface area (Å²) in [6.07, 6.45) is 21.6. The summed E-state index contributed by atoms with van der Waals surface area (Å²) in [5, 5.41) is 0. The average molecular weight is 441 g/mol. The molecule has 0 unspecified atom stereocenters. The van der Waals surface area contributed by atoms with E-state index in [2.05, 4.69) is 23.8 Å². The highest BCUT2D eigenvalue weighted by Gasteiger charge is 2.03. The quantitative estimate of drug-likeness (QED) is 0.206. The molecule has 4 nitrogen and oxygen atoms in total. The third kappa shape index (κ3) is 11.5. The zero-order valence-corrected chi connectivity index (χ0v) is 20.5. The molecule has 1 aromatic heterocycles. The van der Waals surface area contributed by atoms with Gasteiger partial charge in [0.15, 0.2) is 11.6 Å². The van der Waals surface area contributed by atoms with Crippen LogP contribution in [0.5, 0.6) is 11.5 Å². The van der Waals surface area contributed by atoms with Crippen LogP contribution in [-0.2, 0) is 0 Å². The van der Waals surface area contributed by atoms with E-state index in [4.69, 9.17) is 9.47 Å². The third-order valence-electron chi connectivity index (χ3n) is 5.77. The molecule has 4 heteroatoms. The molecule has 0 saturated heterocycles. The molecule has 2 rings (SSSR count). The van der Waals surface area contributed by atoms with Crippen molar-refractivity contribution in [3.63, 3.8) is 0 Å². The fraction of sp³-hybridized carbons (Fsp3) is 0.643. The van der Waals surface area contributed by atoms with Gasteiger partial charge in [0.25, 0.3) is 0 Å². The smallest absolute Gasteiger partial charge is 0.159 e. The third-order valence-corrected chi connectivity index (χ3v) is 5.77. The van der Waals surface area contributed by atoms with Crippen LogP contribution < -0.4 is 9.47 Å². The van der Waals surface area contributed by atoms with Crippen molar-refractivity contribution in [1.82, 2.24) is 9.97 Å². The predicted octanol–water partition coefficient (Wildman–Crippen LogP) is 8.40. The maximum Gasteiger partial charge on any atom is 0.159 e. The Balaban J connectivity index is 1.61. The number of benzene rings is 1. The molecule has 0 aliphatic rings. The lowest BCUT2D eigenvalue weighted by molar-refractivity contribution is 0.302. The van der Waals surface area contributed by atoms with Crippen LogP contribution in [0.2, 0.25) is 0 Å². The fourth-order valence-corrected chi connectivity index (χ4v) is 3.74. The van der Waals surface area contributed by atoms with E-state index < -0.39 is 0 Å². The van der Waals surface area contributed by atoms with Crippen molar-refractivity contribution in [2.24, 2.45) is 0 Å². The van der Waals surface area contributed by atoms with Gasteiger partial charge >= 0.3 is 0 Å². The Labute approximate surface area is 196 Å². The van der Waals surface area contributed by atoms with Crippen molar-refractivity contribution >= 4 is 0 Å². The average Bonchev–Trinajstić information content (AvgIpc) is 2.83. The van der Waals surface area contributed by atoms with E-state index in [0.29, 0.717) is 5.82 Å². The zero-order valence-electron chi connectivity index (χ0n) is 20.5. The fourth-order valence-electron chi connectivity index (χ4n) is 3.74. The normalized spacial score (nSPS) is 10.9. The largest absolute Gasteiger partial charge is 0.494 e. The van der Waals surface area contributed by atoms with E-state index >= 15 is 0 Å². The summed E-state index contributed by atoms with van der Waals surface area (Å²) < 4.78 is 11.7. The summed E-state index contributed by atoms with van der Waals surface area (Å²) in [5.74, 6) is 2.37. The summed E-state index contributed by atoms with van der Waals surface area (Å²) in [5.41, 5.74) is 0.993. The molecule has 0 aliphatic carbocycles. The number of nitrogens with zero attached hydrogens (tertiary/aromatic N) is 2. The molecule has 0 N–H and O–H groups in total. The molecule has 0 radical (unpaired) electrons. The summed E-state index contributed by atoms with van der Waals surface area (Å²) in [7, 11) is 0. The minimum absolute atomic E-state index is 0.715. The van der Waals surface area contributed by atoms with Gasteiger partial charge in [-0.15, -0.1) is 0 Å². The Morgan fingerprint density at radius 1 is 0.531 bits per heavy atom. The van der Waals surface area contributed by atoms with Gasteiger partial charge in [-0.05, 0) is 37.1 Å². The first kappa shape index (κ1) is 26.2. The number of aromatic nitrogens is 2. The van der Waals surface area contributed by atoms with Crippen LogP contribution in [0.3, 0.4) is 0 Å². The van der Waals surface area contributed by atoms with Crippen molar-refractivity contribution in [1.29, 1.82) is 0 Å². The maximum absolute atomic E-state index is 5.87. The zero-order chi connectivity index (χ0) is 22.7.